The van der Waals surface area contributed by atoms with Crippen LogP contribution in [0.15, 0.2) is 29.2 Å². The molecule has 1 N–H and O–H groups in total. The van der Waals surface area contributed by atoms with Crippen molar-refractivity contribution in [3.8, 4) is 0 Å². The van der Waals surface area contributed by atoms with E-state index in [-0.39, 0.29) is 24.5 Å². The number of amides is 1. The van der Waals surface area contributed by atoms with E-state index in [1.165, 1.54) is 12.1 Å². The summed E-state index contributed by atoms with van der Waals surface area (Å²) in [6.07, 6.45) is -0.319. The number of carbonyl (C=O) groups excluding carboxylic acids is 2. The molecule has 0 aliphatic carbocycles. The van der Waals surface area contributed by atoms with Crippen molar-refractivity contribution in [3.05, 3.63) is 29.8 Å². The van der Waals surface area contributed by atoms with Gasteiger partial charge in [-0.15, -0.1) is 0 Å². The van der Waals surface area contributed by atoms with Crippen molar-refractivity contribution in [3.63, 3.8) is 0 Å². The molecular weight excluding hydrogens is 344 g/mol. The molecule has 7 nitrogen and oxygen atoms in total. The molecule has 25 heavy (non-hydrogen) atoms. The van der Waals surface area contributed by atoms with Crippen molar-refractivity contribution >= 4 is 21.9 Å². The SMILES string of the molecule is CCOC(=O)C[C@@H]1C(=O)NC(C)(C)CN1S(=O)(=O)c1ccc(C)cc1. The first-order chi connectivity index (χ1) is 11.6. The fourth-order valence-electron chi connectivity index (χ4n) is 2.76. The van der Waals surface area contributed by atoms with E-state index in [1.54, 1.807) is 32.9 Å². The van der Waals surface area contributed by atoms with E-state index in [9.17, 15) is 18.0 Å². The molecule has 0 aromatic heterocycles. The third-order valence-corrected chi connectivity index (χ3v) is 5.82. The summed E-state index contributed by atoms with van der Waals surface area (Å²) in [6, 6.07) is 5.28. The summed E-state index contributed by atoms with van der Waals surface area (Å²) in [5.74, 6) is -1.11. The largest absolute Gasteiger partial charge is 0.466 e. The molecule has 1 aliphatic rings. The lowest BCUT2D eigenvalue weighted by molar-refractivity contribution is -0.147. The third-order valence-electron chi connectivity index (χ3n) is 3.96. The van der Waals surface area contributed by atoms with Gasteiger partial charge < -0.3 is 10.1 Å². The zero-order valence-electron chi connectivity index (χ0n) is 14.9. The second kappa shape index (κ2) is 7.13. The molecule has 0 unspecified atom stereocenters. The molecule has 138 valence electrons. The first-order valence-electron chi connectivity index (χ1n) is 8.13. The molecule has 2 rings (SSSR count). The third kappa shape index (κ3) is 4.38. The van der Waals surface area contributed by atoms with Gasteiger partial charge in [0.15, 0.2) is 0 Å². The smallest absolute Gasteiger partial charge is 0.307 e. The molecule has 0 radical (unpaired) electrons. The van der Waals surface area contributed by atoms with E-state index < -0.39 is 33.5 Å². The Balaban J connectivity index is 2.41. The predicted octanol–water partition coefficient (Wildman–Crippen LogP) is 1.22. The fourth-order valence-corrected chi connectivity index (χ4v) is 4.51. The standard InChI is InChI=1S/C17H24N2O5S/c1-5-24-15(20)10-14-16(21)18-17(3,4)11-19(14)25(22,23)13-8-6-12(2)7-9-13/h6-9,14H,5,10-11H2,1-4H3,(H,18,21)/t14-/m1/s1. The van der Waals surface area contributed by atoms with E-state index in [1.807, 2.05) is 6.92 Å². The highest BCUT2D eigenvalue weighted by Crippen LogP contribution is 2.26. The van der Waals surface area contributed by atoms with Gasteiger partial charge in [0.2, 0.25) is 15.9 Å². The van der Waals surface area contributed by atoms with Gasteiger partial charge in [0.25, 0.3) is 0 Å². The quantitative estimate of drug-likeness (QED) is 0.789. The van der Waals surface area contributed by atoms with Gasteiger partial charge in [-0.25, -0.2) is 8.42 Å². The number of benzene rings is 1. The molecule has 1 saturated heterocycles. The predicted molar refractivity (Wildman–Crippen MR) is 92.3 cm³/mol. The maximum Gasteiger partial charge on any atom is 0.307 e. The minimum Gasteiger partial charge on any atom is -0.466 e. The lowest BCUT2D eigenvalue weighted by Gasteiger charge is -2.42. The highest BCUT2D eigenvalue weighted by Gasteiger charge is 2.45. The van der Waals surface area contributed by atoms with E-state index in [4.69, 9.17) is 4.74 Å². The van der Waals surface area contributed by atoms with Crippen LogP contribution in [-0.2, 0) is 24.3 Å². The summed E-state index contributed by atoms with van der Waals surface area (Å²) in [5.41, 5.74) is 0.193. The number of ether oxygens (including phenoxy) is 1. The molecule has 0 bridgehead atoms. The van der Waals surface area contributed by atoms with Crippen LogP contribution in [0.2, 0.25) is 0 Å². The normalized spacial score (nSPS) is 20.8. The summed E-state index contributed by atoms with van der Waals surface area (Å²) in [6.45, 7) is 7.23. The molecule has 1 aromatic rings. The van der Waals surface area contributed by atoms with Crippen molar-refractivity contribution < 1.29 is 22.7 Å². The van der Waals surface area contributed by atoms with Gasteiger partial charge in [-0.1, -0.05) is 17.7 Å². The van der Waals surface area contributed by atoms with Crippen molar-refractivity contribution in [1.29, 1.82) is 0 Å². The van der Waals surface area contributed by atoms with E-state index in [0.717, 1.165) is 9.87 Å². The zero-order valence-corrected chi connectivity index (χ0v) is 15.7. The number of nitrogens with zero attached hydrogens (tertiary/aromatic N) is 1. The van der Waals surface area contributed by atoms with Gasteiger partial charge in [0, 0.05) is 12.1 Å². The zero-order chi connectivity index (χ0) is 18.8. The highest BCUT2D eigenvalue weighted by molar-refractivity contribution is 7.89. The van der Waals surface area contributed by atoms with Gasteiger partial charge in [0.1, 0.15) is 6.04 Å². The summed E-state index contributed by atoms with van der Waals surface area (Å²) in [7, 11) is -3.93. The van der Waals surface area contributed by atoms with Crippen LogP contribution < -0.4 is 5.32 Å². The minimum atomic E-state index is -3.93. The van der Waals surface area contributed by atoms with Crippen LogP contribution >= 0.6 is 0 Å². The lowest BCUT2D eigenvalue weighted by Crippen LogP contribution is -2.66. The molecule has 8 heteroatoms. The van der Waals surface area contributed by atoms with Crippen LogP contribution in [0.3, 0.4) is 0 Å². The minimum absolute atomic E-state index is 0.0685. The number of carbonyl (C=O) groups is 2. The average molecular weight is 368 g/mol. The number of hydrogen-bond donors (Lipinski definition) is 1. The average Bonchev–Trinajstić information content (AvgIpc) is 2.50. The van der Waals surface area contributed by atoms with E-state index in [2.05, 4.69) is 5.32 Å². The fraction of sp³-hybridized carbons (Fsp3) is 0.529. The summed E-state index contributed by atoms with van der Waals surface area (Å²) >= 11 is 0. The Bertz CT molecular complexity index is 756. The molecule has 0 spiro atoms. The van der Waals surface area contributed by atoms with Crippen LogP contribution in [0.1, 0.15) is 32.8 Å². The van der Waals surface area contributed by atoms with Gasteiger partial charge in [-0.05, 0) is 39.8 Å². The second-order valence-electron chi connectivity index (χ2n) is 6.76. The summed E-state index contributed by atoms with van der Waals surface area (Å²) in [4.78, 5) is 24.4. The Morgan fingerprint density at radius 3 is 2.48 bits per heavy atom. The number of esters is 1. The topological polar surface area (TPSA) is 92.8 Å². The summed E-state index contributed by atoms with van der Waals surface area (Å²) < 4.78 is 32.1. The van der Waals surface area contributed by atoms with Gasteiger partial charge in [0.05, 0.1) is 17.9 Å². The summed E-state index contributed by atoms with van der Waals surface area (Å²) in [5, 5.41) is 2.76. The number of rotatable bonds is 5. The van der Waals surface area contributed by atoms with Crippen LogP contribution in [-0.4, -0.2) is 49.3 Å². The monoisotopic (exact) mass is 368 g/mol. The number of aryl methyl sites for hydroxylation is 1. The maximum absolute atomic E-state index is 13.1. The first-order valence-corrected chi connectivity index (χ1v) is 9.57. The van der Waals surface area contributed by atoms with Crippen molar-refractivity contribution in [2.45, 2.75) is 50.6 Å². The number of sulfonamides is 1. The molecule has 1 aromatic carbocycles. The van der Waals surface area contributed by atoms with E-state index >= 15 is 0 Å². The number of piperazine rings is 1. The first kappa shape index (κ1) is 19.4. The number of nitrogens with one attached hydrogen (secondary N) is 1. The van der Waals surface area contributed by atoms with Crippen molar-refractivity contribution in [2.24, 2.45) is 0 Å². The maximum atomic E-state index is 13.1. The Labute approximate surface area is 148 Å². The highest BCUT2D eigenvalue weighted by atomic mass is 32.2. The lowest BCUT2D eigenvalue weighted by atomic mass is 9.99. The van der Waals surface area contributed by atoms with Gasteiger partial charge >= 0.3 is 5.97 Å². The molecule has 1 heterocycles. The molecule has 1 amide bonds. The van der Waals surface area contributed by atoms with Crippen molar-refractivity contribution in [2.75, 3.05) is 13.2 Å². The van der Waals surface area contributed by atoms with Crippen LogP contribution in [0, 0.1) is 6.92 Å². The molecule has 0 saturated carbocycles. The number of hydrogen-bond acceptors (Lipinski definition) is 5. The van der Waals surface area contributed by atoms with Crippen molar-refractivity contribution in [1.82, 2.24) is 9.62 Å². The molecular formula is C17H24N2O5S. The van der Waals surface area contributed by atoms with Crippen LogP contribution in [0.4, 0.5) is 0 Å². The second-order valence-corrected chi connectivity index (χ2v) is 8.65. The van der Waals surface area contributed by atoms with Gasteiger partial charge in [-0.3, -0.25) is 9.59 Å². The van der Waals surface area contributed by atoms with Gasteiger partial charge in [-0.2, -0.15) is 4.31 Å². The molecule has 1 fully saturated rings. The Hall–Kier alpha value is -1.93. The molecule has 1 atom stereocenters. The molecule has 1 aliphatic heterocycles. The Kier molecular flexibility index (Phi) is 5.53. The van der Waals surface area contributed by atoms with Crippen LogP contribution in [0.25, 0.3) is 0 Å². The Morgan fingerprint density at radius 1 is 1.32 bits per heavy atom. The van der Waals surface area contributed by atoms with E-state index in [0.29, 0.717) is 0 Å². The Morgan fingerprint density at radius 2 is 1.92 bits per heavy atom. The van der Waals surface area contributed by atoms with Crippen LogP contribution in [0.5, 0.6) is 0 Å².